The molecule has 1 heterocycles. The minimum absolute atomic E-state index is 0.246. The summed E-state index contributed by atoms with van der Waals surface area (Å²) < 4.78 is 14.0. The lowest BCUT2D eigenvalue weighted by molar-refractivity contribution is 0.403. The first kappa shape index (κ1) is 14.8. The maximum Gasteiger partial charge on any atom is 0.186 e. The third-order valence-corrected chi connectivity index (χ3v) is 2.93. The van der Waals surface area contributed by atoms with Gasteiger partial charge in [0.2, 0.25) is 0 Å². The number of anilines is 1. The van der Waals surface area contributed by atoms with E-state index in [2.05, 4.69) is 29.1 Å². The number of aromatic nitrogens is 2. The van der Waals surface area contributed by atoms with E-state index in [1.54, 1.807) is 0 Å². The smallest absolute Gasteiger partial charge is 0.186 e. The van der Waals surface area contributed by atoms with Crippen molar-refractivity contribution in [2.45, 2.75) is 46.1 Å². The van der Waals surface area contributed by atoms with Gasteiger partial charge >= 0.3 is 0 Å². The highest BCUT2D eigenvalue weighted by molar-refractivity contribution is 5.40. The predicted molar refractivity (Wildman–Crippen MR) is 71.9 cm³/mol. The Labute approximate surface area is 108 Å². The molecular formula is C13H23FN4. The van der Waals surface area contributed by atoms with Crippen LogP contribution in [0, 0.1) is 11.7 Å². The van der Waals surface area contributed by atoms with Crippen molar-refractivity contribution in [3.8, 4) is 0 Å². The molecule has 102 valence electrons. The van der Waals surface area contributed by atoms with E-state index in [1.807, 2.05) is 13.8 Å². The first-order valence-corrected chi connectivity index (χ1v) is 6.39. The zero-order valence-electron chi connectivity index (χ0n) is 11.6. The SMILES string of the molecule is CCc1ncnc(NC(C)(CN)CC(C)C)c1F. The van der Waals surface area contributed by atoms with Gasteiger partial charge in [0.15, 0.2) is 11.6 Å². The van der Waals surface area contributed by atoms with Crippen molar-refractivity contribution >= 4 is 5.82 Å². The summed E-state index contributed by atoms with van der Waals surface area (Å²) in [6.45, 7) is 8.51. The molecule has 0 aromatic carbocycles. The number of nitrogens with two attached hydrogens (primary N) is 1. The molecule has 1 aromatic rings. The molecule has 18 heavy (non-hydrogen) atoms. The highest BCUT2D eigenvalue weighted by Crippen LogP contribution is 2.23. The average Bonchev–Trinajstić information content (AvgIpc) is 2.31. The average molecular weight is 254 g/mol. The minimum atomic E-state index is -0.372. The standard InChI is InChI=1S/C13H23FN4/c1-5-10-11(14)12(17-8-16-10)18-13(4,7-15)6-9(2)3/h8-9H,5-7,15H2,1-4H3,(H,16,17,18). The molecule has 0 saturated carbocycles. The van der Waals surface area contributed by atoms with Crippen LogP contribution in [0.5, 0.6) is 0 Å². The third-order valence-electron chi connectivity index (χ3n) is 2.93. The van der Waals surface area contributed by atoms with E-state index in [1.165, 1.54) is 6.33 Å². The molecule has 0 aliphatic heterocycles. The van der Waals surface area contributed by atoms with E-state index in [0.717, 1.165) is 6.42 Å². The van der Waals surface area contributed by atoms with Crippen molar-refractivity contribution in [3.63, 3.8) is 0 Å². The summed E-state index contributed by atoms with van der Waals surface area (Å²) in [6.07, 6.45) is 2.79. The highest BCUT2D eigenvalue weighted by atomic mass is 19.1. The van der Waals surface area contributed by atoms with Crippen molar-refractivity contribution < 1.29 is 4.39 Å². The Morgan fingerprint density at radius 3 is 2.61 bits per heavy atom. The van der Waals surface area contributed by atoms with E-state index in [-0.39, 0.29) is 17.2 Å². The molecule has 0 aliphatic rings. The van der Waals surface area contributed by atoms with E-state index < -0.39 is 0 Å². The van der Waals surface area contributed by atoms with Gasteiger partial charge in [-0.25, -0.2) is 14.4 Å². The van der Waals surface area contributed by atoms with Crippen molar-refractivity contribution in [2.75, 3.05) is 11.9 Å². The summed E-state index contributed by atoms with van der Waals surface area (Å²) in [5, 5.41) is 3.13. The Kier molecular flexibility index (Phi) is 5.02. The normalized spacial score (nSPS) is 14.6. The molecule has 0 spiro atoms. The van der Waals surface area contributed by atoms with Crippen LogP contribution in [0.15, 0.2) is 6.33 Å². The zero-order chi connectivity index (χ0) is 13.8. The Morgan fingerprint density at radius 1 is 1.44 bits per heavy atom. The quantitative estimate of drug-likeness (QED) is 0.818. The number of hydrogen-bond acceptors (Lipinski definition) is 4. The second kappa shape index (κ2) is 6.09. The van der Waals surface area contributed by atoms with Crippen molar-refractivity contribution in [3.05, 3.63) is 17.8 Å². The Hall–Kier alpha value is -1.23. The van der Waals surface area contributed by atoms with Gasteiger partial charge in [-0.1, -0.05) is 20.8 Å². The Morgan fingerprint density at radius 2 is 2.11 bits per heavy atom. The van der Waals surface area contributed by atoms with Gasteiger partial charge in [-0.3, -0.25) is 0 Å². The van der Waals surface area contributed by atoms with E-state index in [4.69, 9.17) is 5.73 Å². The van der Waals surface area contributed by atoms with E-state index >= 15 is 0 Å². The minimum Gasteiger partial charge on any atom is -0.361 e. The van der Waals surface area contributed by atoms with Gasteiger partial charge in [-0.15, -0.1) is 0 Å². The second-order valence-electron chi connectivity index (χ2n) is 5.32. The molecule has 1 atom stereocenters. The molecular weight excluding hydrogens is 231 g/mol. The van der Waals surface area contributed by atoms with Gasteiger partial charge in [0.25, 0.3) is 0 Å². The first-order valence-electron chi connectivity index (χ1n) is 6.39. The maximum atomic E-state index is 14.0. The molecule has 1 rings (SSSR count). The van der Waals surface area contributed by atoms with Gasteiger partial charge < -0.3 is 11.1 Å². The molecule has 1 unspecified atom stereocenters. The van der Waals surface area contributed by atoms with Crippen LogP contribution in [-0.2, 0) is 6.42 Å². The van der Waals surface area contributed by atoms with Crippen LogP contribution in [0.4, 0.5) is 10.2 Å². The number of rotatable bonds is 6. The zero-order valence-corrected chi connectivity index (χ0v) is 11.6. The van der Waals surface area contributed by atoms with Crippen LogP contribution in [-0.4, -0.2) is 22.1 Å². The van der Waals surface area contributed by atoms with E-state index in [0.29, 0.717) is 24.6 Å². The largest absolute Gasteiger partial charge is 0.361 e. The van der Waals surface area contributed by atoms with Crippen molar-refractivity contribution in [2.24, 2.45) is 11.7 Å². The number of nitrogens with zero attached hydrogens (tertiary/aromatic N) is 2. The van der Waals surface area contributed by atoms with Gasteiger partial charge in [-0.05, 0) is 25.7 Å². The lowest BCUT2D eigenvalue weighted by atomic mass is 9.91. The maximum absolute atomic E-state index is 14.0. The number of nitrogens with one attached hydrogen (secondary N) is 1. The lowest BCUT2D eigenvalue weighted by Crippen LogP contribution is -2.44. The molecule has 0 fully saturated rings. The molecule has 0 saturated heterocycles. The topological polar surface area (TPSA) is 63.8 Å². The number of aryl methyl sites for hydroxylation is 1. The molecule has 0 bridgehead atoms. The van der Waals surface area contributed by atoms with Crippen LogP contribution in [0.3, 0.4) is 0 Å². The number of halogens is 1. The summed E-state index contributed by atoms with van der Waals surface area (Å²) in [4.78, 5) is 7.89. The van der Waals surface area contributed by atoms with Crippen LogP contribution in [0.2, 0.25) is 0 Å². The molecule has 1 aromatic heterocycles. The molecule has 0 amide bonds. The van der Waals surface area contributed by atoms with E-state index in [9.17, 15) is 4.39 Å². The van der Waals surface area contributed by atoms with Gasteiger partial charge in [0.05, 0.1) is 5.69 Å². The summed E-state index contributed by atoms with van der Waals surface area (Å²) in [6, 6.07) is 0. The second-order valence-corrected chi connectivity index (χ2v) is 5.32. The van der Waals surface area contributed by atoms with Gasteiger partial charge in [-0.2, -0.15) is 0 Å². The summed E-state index contributed by atoms with van der Waals surface area (Å²) in [7, 11) is 0. The van der Waals surface area contributed by atoms with Gasteiger partial charge in [0, 0.05) is 12.1 Å². The summed E-state index contributed by atoms with van der Waals surface area (Å²) in [5.41, 5.74) is 5.87. The van der Waals surface area contributed by atoms with Crippen LogP contribution < -0.4 is 11.1 Å². The Bertz CT molecular complexity index is 395. The monoisotopic (exact) mass is 254 g/mol. The van der Waals surface area contributed by atoms with Crippen LogP contribution in [0.1, 0.15) is 39.8 Å². The van der Waals surface area contributed by atoms with Crippen molar-refractivity contribution in [1.82, 2.24) is 9.97 Å². The summed E-state index contributed by atoms with van der Waals surface area (Å²) in [5.74, 6) is 0.348. The highest BCUT2D eigenvalue weighted by Gasteiger charge is 2.25. The number of hydrogen-bond donors (Lipinski definition) is 2. The van der Waals surface area contributed by atoms with Crippen LogP contribution in [0.25, 0.3) is 0 Å². The first-order chi connectivity index (χ1) is 8.41. The molecule has 0 aliphatic carbocycles. The Balaban J connectivity index is 2.94. The lowest BCUT2D eigenvalue weighted by Gasteiger charge is -2.31. The molecule has 3 N–H and O–H groups in total. The fourth-order valence-corrected chi connectivity index (χ4v) is 2.11. The fourth-order valence-electron chi connectivity index (χ4n) is 2.11. The molecule has 4 nitrogen and oxygen atoms in total. The fraction of sp³-hybridized carbons (Fsp3) is 0.692. The molecule has 0 radical (unpaired) electrons. The van der Waals surface area contributed by atoms with Gasteiger partial charge in [0.1, 0.15) is 6.33 Å². The predicted octanol–water partition coefficient (Wildman–Crippen LogP) is 2.35. The van der Waals surface area contributed by atoms with Crippen molar-refractivity contribution in [1.29, 1.82) is 0 Å². The summed E-state index contributed by atoms with van der Waals surface area (Å²) >= 11 is 0. The van der Waals surface area contributed by atoms with Crippen LogP contribution >= 0.6 is 0 Å². The third kappa shape index (κ3) is 3.63. The molecule has 5 heteroatoms.